The smallest absolute Gasteiger partial charge is 0.224 e. The molecule has 1 aliphatic carbocycles. The number of carbonyl (C=O) groups excluding carboxylic acids is 1. The summed E-state index contributed by atoms with van der Waals surface area (Å²) >= 11 is 0. The van der Waals surface area contributed by atoms with Gasteiger partial charge in [-0.3, -0.25) is 4.79 Å². The molecule has 0 bridgehead atoms. The number of allylic oxidation sites excluding steroid dienone is 2. The van der Waals surface area contributed by atoms with Gasteiger partial charge in [0.15, 0.2) is 0 Å². The summed E-state index contributed by atoms with van der Waals surface area (Å²) in [6, 6.07) is 0.0919. The van der Waals surface area contributed by atoms with E-state index in [0.29, 0.717) is 31.8 Å². The van der Waals surface area contributed by atoms with E-state index in [-0.39, 0.29) is 23.3 Å². The fraction of sp³-hybridized carbons (Fsp3) is 0.812. The lowest BCUT2D eigenvalue weighted by Gasteiger charge is -2.30. The Morgan fingerprint density at radius 2 is 1.77 bits per heavy atom. The van der Waals surface area contributed by atoms with Crippen LogP contribution in [0.15, 0.2) is 11.6 Å². The highest BCUT2D eigenvalue weighted by Crippen LogP contribution is 2.59. The van der Waals surface area contributed by atoms with Crippen molar-refractivity contribution in [2.24, 2.45) is 17.3 Å². The Hall–Kier alpha value is -0.880. The van der Waals surface area contributed by atoms with E-state index in [4.69, 9.17) is 0 Å². The minimum atomic E-state index is -3.11. The van der Waals surface area contributed by atoms with Gasteiger partial charge >= 0.3 is 0 Å². The molecule has 1 saturated carbocycles. The van der Waals surface area contributed by atoms with Crippen LogP contribution in [0, 0.1) is 17.3 Å². The number of nitrogens with one attached hydrogen (secondary N) is 1. The van der Waals surface area contributed by atoms with E-state index < -0.39 is 10.0 Å². The number of hydrogen-bond acceptors (Lipinski definition) is 3. The monoisotopic (exact) mass is 328 g/mol. The molecular formula is C16H28N2O3S. The fourth-order valence-corrected chi connectivity index (χ4v) is 4.35. The molecule has 0 aromatic rings. The molecule has 6 heteroatoms. The van der Waals surface area contributed by atoms with E-state index in [1.807, 2.05) is 0 Å². The molecule has 1 amide bonds. The summed E-state index contributed by atoms with van der Waals surface area (Å²) in [5.41, 5.74) is 1.27. The fourth-order valence-electron chi connectivity index (χ4n) is 3.47. The number of nitrogens with zero attached hydrogens (tertiary/aromatic N) is 1. The molecule has 1 saturated heterocycles. The molecule has 2 unspecified atom stereocenters. The van der Waals surface area contributed by atoms with Gasteiger partial charge in [0.1, 0.15) is 0 Å². The molecule has 2 atom stereocenters. The van der Waals surface area contributed by atoms with Crippen LogP contribution < -0.4 is 5.32 Å². The van der Waals surface area contributed by atoms with E-state index in [2.05, 4.69) is 39.1 Å². The normalized spacial score (nSPS) is 29.0. The zero-order valence-corrected chi connectivity index (χ0v) is 15.0. The second kappa shape index (κ2) is 5.96. The highest BCUT2D eigenvalue weighted by molar-refractivity contribution is 7.88. The first-order valence-corrected chi connectivity index (χ1v) is 9.79. The van der Waals surface area contributed by atoms with Crippen LogP contribution in [0.4, 0.5) is 0 Å². The summed E-state index contributed by atoms with van der Waals surface area (Å²) in [5.74, 6) is 0.467. The SMILES string of the molecule is CC(C)=CC1C(C(=O)NC2CCN(S(C)(=O)=O)CC2)C1(C)C. The van der Waals surface area contributed by atoms with Crippen molar-refractivity contribution in [3.63, 3.8) is 0 Å². The Kier molecular flexibility index (Phi) is 4.74. The molecule has 1 heterocycles. The maximum atomic E-state index is 12.5. The minimum Gasteiger partial charge on any atom is -0.353 e. The summed E-state index contributed by atoms with van der Waals surface area (Å²) in [7, 11) is -3.11. The third-order valence-electron chi connectivity index (χ3n) is 4.98. The Morgan fingerprint density at radius 3 is 2.23 bits per heavy atom. The first-order valence-electron chi connectivity index (χ1n) is 7.94. The molecule has 5 nitrogen and oxygen atoms in total. The molecule has 0 spiro atoms. The van der Waals surface area contributed by atoms with Gasteiger partial charge in [0.05, 0.1) is 12.2 Å². The van der Waals surface area contributed by atoms with Crippen molar-refractivity contribution in [2.75, 3.05) is 19.3 Å². The van der Waals surface area contributed by atoms with Crippen molar-refractivity contribution in [1.82, 2.24) is 9.62 Å². The van der Waals surface area contributed by atoms with Crippen LogP contribution in [0.1, 0.15) is 40.5 Å². The second-order valence-corrected chi connectivity index (χ2v) is 9.50. The maximum absolute atomic E-state index is 12.5. The molecule has 22 heavy (non-hydrogen) atoms. The predicted molar refractivity (Wildman–Crippen MR) is 87.8 cm³/mol. The Labute approximate surface area is 134 Å². The largest absolute Gasteiger partial charge is 0.353 e. The standard InChI is InChI=1S/C16H28N2O3S/c1-11(2)10-13-14(16(13,3)4)15(19)17-12-6-8-18(9-7-12)22(5,20)21/h10,12-14H,6-9H2,1-5H3,(H,17,19). The van der Waals surface area contributed by atoms with Crippen molar-refractivity contribution in [2.45, 2.75) is 46.6 Å². The lowest BCUT2D eigenvalue weighted by atomic mass is 10.1. The van der Waals surface area contributed by atoms with Gasteiger partial charge in [-0.1, -0.05) is 25.5 Å². The zero-order valence-electron chi connectivity index (χ0n) is 14.2. The third kappa shape index (κ3) is 3.71. The summed E-state index contributed by atoms with van der Waals surface area (Å²) < 4.78 is 24.5. The molecule has 2 fully saturated rings. The maximum Gasteiger partial charge on any atom is 0.224 e. The van der Waals surface area contributed by atoms with Gasteiger partial charge in [0.2, 0.25) is 15.9 Å². The summed E-state index contributed by atoms with van der Waals surface area (Å²) in [5, 5.41) is 3.12. The molecular weight excluding hydrogens is 300 g/mol. The summed E-state index contributed by atoms with van der Waals surface area (Å²) in [4.78, 5) is 12.5. The number of sulfonamides is 1. The van der Waals surface area contributed by atoms with E-state index in [9.17, 15) is 13.2 Å². The van der Waals surface area contributed by atoms with Gasteiger partial charge in [-0.2, -0.15) is 0 Å². The van der Waals surface area contributed by atoms with Crippen LogP contribution in [-0.2, 0) is 14.8 Å². The molecule has 0 aromatic carbocycles. The first kappa shape index (κ1) is 17.5. The predicted octanol–water partition coefficient (Wildman–Crippen LogP) is 1.76. The van der Waals surface area contributed by atoms with Gasteiger partial charge < -0.3 is 5.32 Å². The van der Waals surface area contributed by atoms with Crippen LogP contribution >= 0.6 is 0 Å². The van der Waals surface area contributed by atoms with Crippen molar-refractivity contribution < 1.29 is 13.2 Å². The van der Waals surface area contributed by atoms with E-state index in [0.717, 1.165) is 0 Å². The van der Waals surface area contributed by atoms with E-state index in [1.165, 1.54) is 16.1 Å². The molecule has 2 rings (SSSR count). The minimum absolute atomic E-state index is 0.0226. The van der Waals surface area contributed by atoms with E-state index in [1.54, 1.807) is 0 Å². The van der Waals surface area contributed by atoms with Crippen molar-refractivity contribution >= 4 is 15.9 Å². The number of carbonyl (C=O) groups is 1. The highest BCUT2D eigenvalue weighted by Gasteiger charge is 2.60. The third-order valence-corrected chi connectivity index (χ3v) is 6.28. The number of rotatable bonds is 4. The van der Waals surface area contributed by atoms with Gasteiger partial charge in [0.25, 0.3) is 0 Å². The molecule has 0 aromatic heterocycles. The Morgan fingerprint density at radius 1 is 1.23 bits per heavy atom. The van der Waals surface area contributed by atoms with Crippen LogP contribution in [-0.4, -0.2) is 44.0 Å². The van der Waals surface area contributed by atoms with Crippen molar-refractivity contribution in [1.29, 1.82) is 0 Å². The van der Waals surface area contributed by atoms with Crippen LogP contribution in [0.25, 0.3) is 0 Å². The quantitative estimate of drug-likeness (QED) is 0.800. The number of piperidine rings is 1. The molecule has 1 N–H and O–H groups in total. The average Bonchev–Trinajstić information content (AvgIpc) is 2.89. The van der Waals surface area contributed by atoms with Crippen molar-refractivity contribution in [3.8, 4) is 0 Å². The molecule has 2 aliphatic rings. The van der Waals surface area contributed by atoms with Crippen LogP contribution in [0.2, 0.25) is 0 Å². The molecule has 0 radical (unpaired) electrons. The van der Waals surface area contributed by atoms with Gasteiger partial charge in [-0.05, 0) is 38.0 Å². The topological polar surface area (TPSA) is 66.5 Å². The number of amides is 1. The second-order valence-electron chi connectivity index (χ2n) is 7.51. The van der Waals surface area contributed by atoms with Gasteiger partial charge in [-0.15, -0.1) is 0 Å². The van der Waals surface area contributed by atoms with Crippen molar-refractivity contribution in [3.05, 3.63) is 11.6 Å². The first-order chi connectivity index (χ1) is 10.0. The summed E-state index contributed by atoms with van der Waals surface area (Å²) in [6.07, 6.45) is 4.82. The zero-order chi connectivity index (χ0) is 16.7. The van der Waals surface area contributed by atoms with Crippen LogP contribution in [0.5, 0.6) is 0 Å². The number of hydrogen-bond donors (Lipinski definition) is 1. The Bertz CT molecular complexity index is 568. The van der Waals surface area contributed by atoms with Crippen LogP contribution in [0.3, 0.4) is 0 Å². The average molecular weight is 328 g/mol. The molecule has 1 aliphatic heterocycles. The lowest BCUT2D eigenvalue weighted by molar-refractivity contribution is -0.124. The molecule has 126 valence electrons. The highest BCUT2D eigenvalue weighted by atomic mass is 32.2. The van der Waals surface area contributed by atoms with Gasteiger partial charge in [0, 0.05) is 19.1 Å². The van der Waals surface area contributed by atoms with Gasteiger partial charge in [-0.25, -0.2) is 12.7 Å². The summed E-state index contributed by atoms with van der Waals surface area (Å²) in [6.45, 7) is 9.38. The van der Waals surface area contributed by atoms with E-state index >= 15 is 0 Å². The lowest BCUT2D eigenvalue weighted by Crippen LogP contribution is -2.46. The Balaban J connectivity index is 1.88.